The van der Waals surface area contributed by atoms with E-state index < -0.39 is 9.84 Å². The van der Waals surface area contributed by atoms with Crippen molar-refractivity contribution in [2.75, 3.05) is 12.3 Å². The van der Waals surface area contributed by atoms with Crippen molar-refractivity contribution in [1.29, 1.82) is 0 Å². The van der Waals surface area contributed by atoms with Gasteiger partial charge in [0.25, 0.3) is 0 Å². The van der Waals surface area contributed by atoms with Crippen molar-refractivity contribution in [3.05, 3.63) is 34.3 Å². The van der Waals surface area contributed by atoms with E-state index in [1.165, 1.54) is 0 Å². The van der Waals surface area contributed by atoms with Gasteiger partial charge in [-0.1, -0.05) is 23.7 Å². The molecule has 0 fully saturated rings. The van der Waals surface area contributed by atoms with Crippen LogP contribution in [-0.4, -0.2) is 20.7 Å². The Labute approximate surface area is 95.2 Å². The lowest BCUT2D eigenvalue weighted by molar-refractivity contribution is 0.595. The predicted octanol–water partition coefficient (Wildman–Crippen LogP) is 1.52. The number of sulfone groups is 1. The summed E-state index contributed by atoms with van der Waals surface area (Å²) in [6.07, 6.45) is 0. The van der Waals surface area contributed by atoms with E-state index in [0.29, 0.717) is 10.6 Å². The average molecular weight is 248 g/mol. The minimum Gasteiger partial charge on any atom is -0.329 e. The highest BCUT2D eigenvalue weighted by Crippen LogP contribution is 2.19. The van der Waals surface area contributed by atoms with E-state index in [1.807, 2.05) is 13.0 Å². The molecule has 0 unspecified atom stereocenters. The third-order valence-electron chi connectivity index (χ3n) is 2.01. The largest absolute Gasteiger partial charge is 0.329 e. The van der Waals surface area contributed by atoms with Crippen LogP contribution < -0.4 is 5.73 Å². The van der Waals surface area contributed by atoms with Crippen molar-refractivity contribution < 1.29 is 8.42 Å². The van der Waals surface area contributed by atoms with Gasteiger partial charge in [0.15, 0.2) is 9.84 Å². The molecule has 0 heterocycles. The zero-order chi connectivity index (χ0) is 11.5. The topological polar surface area (TPSA) is 60.2 Å². The second-order valence-electron chi connectivity index (χ2n) is 3.48. The molecule has 0 aliphatic carbocycles. The van der Waals surface area contributed by atoms with Gasteiger partial charge in [-0.25, -0.2) is 8.42 Å². The standard InChI is InChI=1S/C10H14ClNO2S/c1-8-2-3-9(10(11)6-8)7-15(13,14)5-4-12/h2-3,6H,4-5,7,12H2,1H3. The van der Waals surface area contributed by atoms with Crippen LogP contribution >= 0.6 is 11.6 Å². The van der Waals surface area contributed by atoms with Gasteiger partial charge in [-0.05, 0) is 24.1 Å². The second kappa shape index (κ2) is 4.96. The van der Waals surface area contributed by atoms with E-state index in [-0.39, 0.29) is 18.1 Å². The van der Waals surface area contributed by atoms with Gasteiger partial charge in [-0.15, -0.1) is 0 Å². The minimum atomic E-state index is -3.13. The zero-order valence-electron chi connectivity index (χ0n) is 8.53. The molecule has 1 aromatic rings. The molecule has 1 aromatic carbocycles. The predicted molar refractivity (Wildman–Crippen MR) is 62.7 cm³/mol. The van der Waals surface area contributed by atoms with Crippen LogP contribution in [0.3, 0.4) is 0 Å². The summed E-state index contributed by atoms with van der Waals surface area (Å²) in [7, 11) is -3.13. The Bertz CT molecular complexity index is 443. The molecular weight excluding hydrogens is 234 g/mol. The number of benzene rings is 1. The molecule has 0 bridgehead atoms. The number of nitrogens with two attached hydrogens (primary N) is 1. The monoisotopic (exact) mass is 247 g/mol. The Morgan fingerprint density at radius 3 is 2.60 bits per heavy atom. The number of rotatable bonds is 4. The number of halogens is 1. The molecule has 0 atom stereocenters. The smallest absolute Gasteiger partial charge is 0.155 e. The maximum atomic E-state index is 11.5. The van der Waals surface area contributed by atoms with Crippen molar-refractivity contribution in [1.82, 2.24) is 0 Å². The summed E-state index contributed by atoms with van der Waals surface area (Å²) in [5.41, 5.74) is 6.87. The van der Waals surface area contributed by atoms with E-state index in [0.717, 1.165) is 5.56 Å². The normalized spacial score (nSPS) is 11.7. The quantitative estimate of drug-likeness (QED) is 0.878. The minimum absolute atomic E-state index is 0.00277. The van der Waals surface area contributed by atoms with Gasteiger partial charge in [-0.3, -0.25) is 0 Å². The lowest BCUT2D eigenvalue weighted by atomic mass is 10.2. The highest BCUT2D eigenvalue weighted by molar-refractivity contribution is 7.90. The molecule has 1 rings (SSSR count). The van der Waals surface area contributed by atoms with Crippen LogP contribution in [0.2, 0.25) is 5.02 Å². The summed E-state index contributed by atoms with van der Waals surface area (Å²) in [6, 6.07) is 5.35. The molecule has 0 aliphatic heterocycles. The van der Waals surface area contributed by atoms with E-state index >= 15 is 0 Å². The van der Waals surface area contributed by atoms with E-state index in [4.69, 9.17) is 17.3 Å². The van der Waals surface area contributed by atoms with Gasteiger partial charge in [0.2, 0.25) is 0 Å². The second-order valence-corrected chi connectivity index (χ2v) is 6.07. The molecular formula is C10H14ClNO2S. The molecule has 2 N–H and O–H groups in total. The van der Waals surface area contributed by atoms with Crippen LogP contribution in [0.25, 0.3) is 0 Å². The van der Waals surface area contributed by atoms with E-state index in [9.17, 15) is 8.42 Å². The van der Waals surface area contributed by atoms with Crippen molar-refractivity contribution in [3.8, 4) is 0 Å². The zero-order valence-corrected chi connectivity index (χ0v) is 10.1. The van der Waals surface area contributed by atoms with Gasteiger partial charge in [-0.2, -0.15) is 0 Å². The number of aryl methyl sites for hydroxylation is 1. The van der Waals surface area contributed by atoms with Crippen LogP contribution in [0.5, 0.6) is 0 Å². The number of hydrogen-bond donors (Lipinski definition) is 1. The first kappa shape index (κ1) is 12.5. The summed E-state index contributed by atoms with van der Waals surface area (Å²) < 4.78 is 23.0. The maximum Gasteiger partial charge on any atom is 0.155 e. The summed E-state index contributed by atoms with van der Waals surface area (Å²) in [6.45, 7) is 2.05. The van der Waals surface area contributed by atoms with Crippen molar-refractivity contribution in [2.24, 2.45) is 5.73 Å². The molecule has 3 nitrogen and oxygen atoms in total. The summed E-state index contributed by atoms with van der Waals surface area (Å²) >= 11 is 5.94. The molecule has 0 amide bonds. The SMILES string of the molecule is Cc1ccc(CS(=O)(=O)CCN)c(Cl)c1. The van der Waals surface area contributed by atoms with Gasteiger partial charge < -0.3 is 5.73 Å². The fourth-order valence-corrected chi connectivity index (χ4v) is 2.87. The summed E-state index contributed by atoms with van der Waals surface area (Å²) in [4.78, 5) is 0. The van der Waals surface area contributed by atoms with Gasteiger partial charge in [0.05, 0.1) is 11.5 Å². The molecule has 84 valence electrons. The molecule has 0 aliphatic rings. The highest BCUT2D eigenvalue weighted by Gasteiger charge is 2.12. The van der Waals surface area contributed by atoms with Crippen molar-refractivity contribution in [3.63, 3.8) is 0 Å². The first-order chi connectivity index (χ1) is 6.94. The molecule has 0 radical (unpaired) electrons. The van der Waals surface area contributed by atoms with Gasteiger partial charge >= 0.3 is 0 Å². The average Bonchev–Trinajstić information content (AvgIpc) is 2.09. The van der Waals surface area contributed by atoms with E-state index in [2.05, 4.69) is 0 Å². The van der Waals surface area contributed by atoms with Crippen LogP contribution in [0.1, 0.15) is 11.1 Å². The number of hydrogen-bond acceptors (Lipinski definition) is 3. The fraction of sp³-hybridized carbons (Fsp3) is 0.400. The molecule has 0 saturated carbocycles. The lowest BCUT2D eigenvalue weighted by Gasteiger charge is -2.05. The highest BCUT2D eigenvalue weighted by atomic mass is 35.5. The summed E-state index contributed by atoms with van der Waals surface area (Å²) in [5, 5.41) is 0.496. The Kier molecular flexibility index (Phi) is 4.13. The Balaban J connectivity index is 2.90. The first-order valence-electron chi connectivity index (χ1n) is 4.60. The van der Waals surface area contributed by atoms with Crippen LogP contribution in [-0.2, 0) is 15.6 Å². The van der Waals surface area contributed by atoms with Crippen molar-refractivity contribution >= 4 is 21.4 Å². The van der Waals surface area contributed by atoms with Crippen LogP contribution in [0, 0.1) is 6.92 Å². The lowest BCUT2D eigenvalue weighted by Crippen LogP contribution is -2.17. The van der Waals surface area contributed by atoms with Gasteiger partial charge in [0, 0.05) is 11.6 Å². The molecule has 0 saturated heterocycles. The molecule has 0 aromatic heterocycles. The Morgan fingerprint density at radius 1 is 1.40 bits per heavy atom. The van der Waals surface area contributed by atoms with E-state index in [1.54, 1.807) is 12.1 Å². The van der Waals surface area contributed by atoms with Gasteiger partial charge in [0.1, 0.15) is 0 Å². The maximum absolute atomic E-state index is 11.5. The van der Waals surface area contributed by atoms with Crippen LogP contribution in [0.15, 0.2) is 18.2 Å². The fourth-order valence-electron chi connectivity index (χ4n) is 1.26. The third kappa shape index (κ3) is 3.81. The Hall–Kier alpha value is -0.580. The first-order valence-corrected chi connectivity index (χ1v) is 6.80. The van der Waals surface area contributed by atoms with Crippen molar-refractivity contribution in [2.45, 2.75) is 12.7 Å². The van der Waals surface area contributed by atoms with Crippen LogP contribution in [0.4, 0.5) is 0 Å². The summed E-state index contributed by atoms with van der Waals surface area (Å²) in [5.74, 6) is -0.0412. The third-order valence-corrected chi connectivity index (χ3v) is 3.97. The Morgan fingerprint density at radius 2 is 2.07 bits per heavy atom. The molecule has 5 heteroatoms. The molecule has 15 heavy (non-hydrogen) atoms. The molecule has 0 spiro atoms.